The van der Waals surface area contributed by atoms with E-state index in [9.17, 15) is 9.59 Å². The molecule has 0 aliphatic carbocycles. The molecule has 1 aromatic carbocycles. The smallest absolute Gasteiger partial charge is 0.274 e. The second-order valence-corrected chi connectivity index (χ2v) is 6.79. The third-order valence-corrected chi connectivity index (χ3v) is 4.69. The van der Waals surface area contributed by atoms with Crippen LogP contribution in [0.25, 0.3) is 0 Å². The molecule has 0 unspecified atom stereocenters. The minimum absolute atomic E-state index is 0.222. The van der Waals surface area contributed by atoms with E-state index < -0.39 is 0 Å². The molecule has 6 heteroatoms. The number of hydrogen-bond acceptors (Lipinski definition) is 4. The predicted octanol–water partition coefficient (Wildman–Crippen LogP) is 3.18. The molecule has 132 valence electrons. The van der Waals surface area contributed by atoms with Crippen LogP contribution in [0.4, 0.5) is 0 Å². The zero-order chi connectivity index (χ0) is 18.4. The number of hydrogen-bond donors (Lipinski definition) is 0. The Balaban J connectivity index is 1.84. The molecular formula is C20H19N3O2S. The van der Waals surface area contributed by atoms with Crippen LogP contribution in [0.2, 0.25) is 0 Å². The minimum Gasteiger partial charge on any atom is -0.328 e. The summed E-state index contributed by atoms with van der Waals surface area (Å²) >= 11 is 1.59. The van der Waals surface area contributed by atoms with Gasteiger partial charge in [-0.15, -0.1) is 17.9 Å². The van der Waals surface area contributed by atoms with Gasteiger partial charge in [0.25, 0.3) is 11.5 Å². The Labute approximate surface area is 155 Å². The molecule has 0 bridgehead atoms. The molecule has 0 atom stereocenters. The highest BCUT2D eigenvalue weighted by atomic mass is 32.1. The summed E-state index contributed by atoms with van der Waals surface area (Å²) in [7, 11) is 0. The molecule has 2 aromatic heterocycles. The number of nitrogens with zero attached hydrogens (tertiary/aromatic N) is 3. The number of rotatable bonds is 7. The molecule has 3 rings (SSSR count). The monoisotopic (exact) mass is 365 g/mol. The second-order valence-electron chi connectivity index (χ2n) is 5.75. The largest absolute Gasteiger partial charge is 0.328 e. The topological polar surface area (TPSA) is 55.2 Å². The first-order chi connectivity index (χ1) is 12.7. The van der Waals surface area contributed by atoms with Crippen molar-refractivity contribution in [3.05, 3.63) is 99.1 Å². The highest BCUT2D eigenvalue weighted by Gasteiger charge is 2.18. The Kier molecular flexibility index (Phi) is 5.76. The van der Waals surface area contributed by atoms with Crippen LogP contribution in [0.1, 0.15) is 20.9 Å². The molecule has 26 heavy (non-hydrogen) atoms. The van der Waals surface area contributed by atoms with Gasteiger partial charge in [-0.1, -0.05) is 42.5 Å². The van der Waals surface area contributed by atoms with E-state index in [0.29, 0.717) is 19.6 Å². The predicted molar refractivity (Wildman–Crippen MR) is 103 cm³/mol. The van der Waals surface area contributed by atoms with Crippen molar-refractivity contribution in [1.82, 2.24) is 14.7 Å². The second kappa shape index (κ2) is 8.40. The zero-order valence-corrected chi connectivity index (χ0v) is 15.1. The maximum Gasteiger partial charge on any atom is 0.274 e. The Hall–Kier alpha value is -2.99. The molecule has 0 aliphatic rings. The lowest BCUT2D eigenvalue weighted by Gasteiger charge is -2.20. The highest BCUT2D eigenvalue weighted by molar-refractivity contribution is 7.09. The maximum absolute atomic E-state index is 12.9. The molecule has 3 aromatic rings. The summed E-state index contributed by atoms with van der Waals surface area (Å²) in [6, 6.07) is 16.4. The van der Waals surface area contributed by atoms with Gasteiger partial charge >= 0.3 is 0 Å². The first-order valence-corrected chi connectivity index (χ1v) is 9.10. The van der Waals surface area contributed by atoms with Gasteiger partial charge in [-0.05, 0) is 23.1 Å². The fraction of sp³-hybridized carbons (Fsp3) is 0.150. The Morgan fingerprint density at radius 1 is 1.15 bits per heavy atom. The van der Waals surface area contributed by atoms with Crippen molar-refractivity contribution >= 4 is 17.2 Å². The van der Waals surface area contributed by atoms with Crippen LogP contribution in [-0.2, 0) is 13.1 Å². The van der Waals surface area contributed by atoms with E-state index in [2.05, 4.69) is 11.7 Å². The Bertz CT molecular complexity index is 933. The van der Waals surface area contributed by atoms with Gasteiger partial charge in [0, 0.05) is 17.5 Å². The third kappa shape index (κ3) is 4.34. The summed E-state index contributed by atoms with van der Waals surface area (Å²) in [5.41, 5.74) is 0.964. The third-order valence-electron chi connectivity index (χ3n) is 3.82. The standard InChI is InChI=1S/C20H19N3O2S/c1-2-12-22(15-17-9-6-13-26-17)20(25)18-10-11-19(24)23(21-18)14-16-7-4-3-5-8-16/h2-11,13H,1,12,14-15H2. The quantitative estimate of drug-likeness (QED) is 0.604. The van der Waals surface area contributed by atoms with Crippen molar-refractivity contribution in [3.63, 3.8) is 0 Å². The highest BCUT2D eigenvalue weighted by Crippen LogP contribution is 2.13. The van der Waals surface area contributed by atoms with Crippen molar-refractivity contribution in [2.24, 2.45) is 0 Å². The molecule has 2 heterocycles. The number of amides is 1. The van der Waals surface area contributed by atoms with E-state index in [-0.39, 0.29) is 17.2 Å². The summed E-state index contributed by atoms with van der Waals surface area (Å²) in [5.74, 6) is -0.222. The fourth-order valence-electron chi connectivity index (χ4n) is 2.56. The van der Waals surface area contributed by atoms with Crippen molar-refractivity contribution in [1.29, 1.82) is 0 Å². The van der Waals surface area contributed by atoms with Gasteiger partial charge < -0.3 is 4.90 Å². The van der Waals surface area contributed by atoms with Crippen LogP contribution in [0.3, 0.4) is 0 Å². The molecule has 0 radical (unpaired) electrons. The summed E-state index contributed by atoms with van der Waals surface area (Å²) in [5, 5.41) is 6.26. The number of benzene rings is 1. The zero-order valence-electron chi connectivity index (χ0n) is 14.2. The summed E-state index contributed by atoms with van der Waals surface area (Å²) in [6.07, 6.45) is 1.69. The molecule has 0 saturated heterocycles. The van der Waals surface area contributed by atoms with Gasteiger partial charge in [-0.2, -0.15) is 5.10 Å². The average molecular weight is 365 g/mol. The summed E-state index contributed by atoms with van der Waals surface area (Å²) in [6.45, 7) is 4.95. The van der Waals surface area contributed by atoms with Crippen LogP contribution in [-0.4, -0.2) is 27.1 Å². The number of aromatic nitrogens is 2. The first-order valence-electron chi connectivity index (χ1n) is 8.22. The van der Waals surface area contributed by atoms with Crippen LogP contribution >= 0.6 is 11.3 Å². The van der Waals surface area contributed by atoms with Gasteiger partial charge in [-0.25, -0.2) is 4.68 Å². The molecule has 0 N–H and O–H groups in total. The van der Waals surface area contributed by atoms with Gasteiger partial charge in [-0.3, -0.25) is 9.59 Å². The van der Waals surface area contributed by atoms with E-state index in [1.807, 2.05) is 47.8 Å². The van der Waals surface area contributed by atoms with Gasteiger partial charge in [0.1, 0.15) is 5.69 Å². The van der Waals surface area contributed by atoms with Crippen molar-refractivity contribution in [2.45, 2.75) is 13.1 Å². The van der Waals surface area contributed by atoms with E-state index in [0.717, 1.165) is 10.4 Å². The Morgan fingerprint density at radius 2 is 1.96 bits per heavy atom. The SMILES string of the molecule is C=CCN(Cc1cccs1)C(=O)c1ccc(=O)n(Cc2ccccc2)n1. The minimum atomic E-state index is -0.237. The van der Waals surface area contributed by atoms with Crippen LogP contribution in [0, 0.1) is 0 Å². The van der Waals surface area contributed by atoms with E-state index >= 15 is 0 Å². The summed E-state index contributed by atoms with van der Waals surface area (Å²) in [4.78, 5) is 27.7. The number of carbonyl (C=O) groups is 1. The lowest BCUT2D eigenvalue weighted by atomic mass is 10.2. The first kappa shape index (κ1) is 17.8. The van der Waals surface area contributed by atoms with Gasteiger partial charge in [0.15, 0.2) is 0 Å². The molecule has 0 aliphatic heterocycles. The summed E-state index contributed by atoms with van der Waals surface area (Å²) < 4.78 is 1.32. The fourth-order valence-corrected chi connectivity index (χ4v) is 3.28. The van der Waals surface area contributed by atoms with Crippen molar-refractivity contribution in [3.8, 4) is 0 Å². The molecule has 5 nitrogen and oxygen atoms in total. The van der Waals surface area contributed by atoms with Crippen molar-refractivity contribution < 1.29 is 4.79 Å². The average Bonchev–Trinajstić information content (AvgIpc) is 3.17. The van der Waals surface area contributed by atoms with E-state index in [1.165, 1.54) is 16.8 Å². The van der Waals surface area contributed by atoms with Gasteiger partial charge in [0.05, 0.1) is 13.1 Å². The van der Waals surface area contributed by atoms with Crippen LogP contribution in [0.15, 0.2) is 77.4 Å². The van der Waals surface area contributed by atoms with Crippen LogP contribution < -0.4 is 5.56 Å². The van der Waals surface area contributed by atoms with E-state index in [4.69, 9.17) is 0 Å². The maximum atomic E-state index is 12.9. The van der Waals surface area contributed by atoms with Gasteiger partial charge in [0.2, 0.25) is 0 Å². The number of carbonyl (C=O) groups excluding carboxylic acids is 1. The van der Waals surface area contributed by atoms with E-state index in [1.54, 1.807) is 22.3 Å². The normalized spacial score (nSPS) is 10.5. The Morgan fingerprint density at radius 3 is 2.65 bits per heavy atom. The lowest BCUT2D eigenvalue weighted by molar-refractivity contribution is 0.0755. The molecule has 1 amide bonds. The van der Waals surface area contributed by atoms with Crippen LogP contribution in [0.5, 0.6) is 0 Å². The lowest BCUT2D eigenvalue weighted by Crippen LogP contribution is -2.33. The molecule has 0 spiro atoms. The van der Waals surface area contributed by atoms with Crippen molar-refractivity contribution in [2.75, 3.05) is 6.54 Å². The molecular weight excluding hydrogens is 346 g/mol. The molecule has 0 fully saturated rings. The molecule has 0 saturated carbocycles. The number of thiophene rings is 1.